The zero-order chi connectivity index (χ0) is 13.8. The minimum Gasteiger partial charge on any atom is -0.378 e. The van der Waals surface area contributed by atoms with Gasteiger partial charge in [-0.1, -0.05) is 24.6 Å². The molecule has 19 heavy (non-hydrogen) atoms. The highest BCUT2D eigenvalue weighted by molar-refractivity contribution is 6.30. The smallest absolute Gasteiger partial charge is 0.127 e. The van der Waals surface area contributed by atoms with Gasteiger partial charge in [-0.25, -0.2) is 4.39 Å². The second-order valence-electron chi connectivity index (χ2n) is 4.98. The van der Waals surface area contributed by atoms with E-state index >= 15 is 0 Å². The number of hydrogen-bond donors (Lipinski definition) is 2. The van der Waals surface area contributed by atoms with E-state index in [1.54, 1.807) is 12.1 Å². The van der Waals surface area contributed by atoms with E-state index in [0.29, 0.717) is 22.9 Å². The first-order valence-corrected chi connectivity index (χ1v) is 7.05. The van der Waals surface area contributed by atoms with Gasteiger partial charge in [0.05, 0.1) is 6.10 Å². The SMILES string of the molecule is CCC1OCCC1C(Cc1ccc(Cl)cc1F)NN. The van der Waals surface area contributed by atoms with Gasteiger partial charge in [-0.3, -0.25) is 11.3 Å². The van der Waals surface area contributed by atoms with Gasteiger partial charge in [-0.2, -0.15) is 0 Å². The Morgan fingerprint density at radius 3 is 3.00 bits per heavy atom. The molecule has 1 heterocycles. The van der Waals surface area contributed by atoms with Crippen LogP contribution in [-0.2, 0) is 11.2 Å². The fourth-order valence-electron chi connectivity index (χ4n) is 2.80. The first-order valence-electron chi connectivity index (χ1n) is 6.67. The molecule has 2 rings (SSSR count). The summed E-state index contributed by atoms with van der Waals surface area (Å²) in [5, 5.41) is 0.411. The maximum Gasteiger partial charge on any atom is 0.127 e. The van der Waals surface area contributed by atoms with Crippen LogP contribution in [0.15, 0.2) is 18.2 Å². The van der Waals surface area contributed by atoms with Crippen molar-refractivity contribution in [3.8, 4) is 0 Å². The molecule has 0 spiro atoms. The second-order valence-corrected chi connectivity index (χ2v) is 5.42. The highest BCUT2D eigenvalue weighted by Gasteiger charge is 2.33. The molecule has 0 saturated carbocycles. The molecule has 0 amide bonds. The van der Waals surface area contributed by atoms with Crippen molar-refractivity contribution in [1.82, 2.24) is 5.43 Å². The Labute approximate surface area is 118 Å². The molecule has 106 valence electrons. The number of hydrazine groups is 1. The van der Waals surface area contributed by atoms with Crippen LogP contribution in [0.2, 0.25) is 5.02 Å². The summed E-state index contributed by atoms with van der Waals surface area (Å²) in [4.78, 5) is 0. The number of nitrogens with one attached hydrogen (secondary N) is 1. The Morgan fingerprint density at radius 1 is 1.58 bits per heavy atom. The van der Waals surface area contributed by atoms with E-state index < -0.39 is 0 Å². The maximum atomic E-state index is 13.8. The lowest BCUT2D eigenvalue weighted by Crippen LogP contribution is -2.45. The van der Waals surface area contributed by atoms with Gasteiger partial charge in [-0.05, 0) is 37.0 Å². The maximum absolute atomic E-state index is 13.8. The number of rotatable bonds is 5. The third kappa shape index (κ3) is 3.45. The lowest BCUT2D eigenvalue weighted by Gasteiger charge is -2.26. The van der Waals surface area contributed by atoms with Crippen molar-refractivity contribution < 1.29 is 9.13 Å². The average molecular weight is 287 g/mol. The van der Waals surface area contributed by atoms with Crippen LogP contribution in [0.5, 0.6) is 0 Å². The lowest BCUT2D eigenvalue weighted by atomic mass is 9.87. The molecule has 0 bridgehead atoms. The normalized spacial score (nSPS) is 24.6. The van der Waals surface area contributed by atoms with E-state index in [1.165, 1.54) is 6.07 Å². The van der Waals surface area contributed by atoms with Crippen LogP contribution in [0.25, 0.3) is 0 Å². The molecule has 1 aromatic rings. The number of hydrogen-bond acceptors (Lipinski definition) is 3. The van der Waals surface area contributed by atoms with Gasteiger partial charge in [0.15, 0.2) is 0 Å². The Bertz CT molecular complexity index is 430. The van der Waals surface area contributed by atoms with E-state index in [-0.39, 0.29) is 18.0 Å². The van der Waals surface area contributed by atoms with Crippen LogP contribution in [-0.4, -0.2) is 18.8 Å². The van der Waals surface area contributed by atoms with Crippen LogP contribution in [0, 0.1) is 11.7 Å². The summed E-state index contributed by atoms with van der Waals surface area (Å²) in [6, 6.07) is 4.78. The molecule has 3 nitrogen and oxygen atoms in total. The molecule has 0 aromatic heterocycles. The number of ether oxygens (including phenoxy) is 1. The molecule has 5 heteroatoms. The summed E-state index contributed by atoms with van der Waals surface area (Å²) in [6.07, 6.45) is 2.66. The van der Waals surface area contributed by atoms with E-state index in [2.05, 4.69) is 12.3 Å². The van der Waals surface area contributed by atoms with Crippen molar-refractivity contribution in [3.63, 3.8) is 0 Å². The van der Waals surface area contributed by atoms with E-state index in [4.69, 9.17) is 22.2 Å². The van der Waals surface area contributed by atoms with Crippen LogP contribution in [0.1, 0.15) is 25.3 Å². The molecule has 1 fully saturated rings. The molecule has 3 unspecified atom stereocenters. The third-order valence-corrected chi connectivity index (χ3v) is 4.08. The van der Waals surface area contributed by atoms with Crippen LogP contribution < -0.4 is 11.3 Å². The fraction of sp³-hybridized carbons (Fsp3) is 0.571. The van der Waals surface area contributed by atoms with Crippen molar-refractivity contribution in [3.05, 3.63) is 34.6 Å². The second kappa shape index (κ2) is 6.66. The number of nitrogens with two attached hydrogens (primary N) is 1. The van der Waals surface area contributed by atoms with Gasteiger partial charge < -0.3 is 4.74 Å². The third-order valence-electron chi connectivity index (χ3n) is 3.85. The fourth-order valence-corrected chi connectivity index (χ4v) is 2.96. The molecular weight excluding hydrogens is 267 g/mol. The van der Waals surface area contributed by atoms with Gasteiger partial charge in [0, 0.05) is 23.6 Å². The van der Waals surface area contributed by atoms with Gasteiger partial charge in [0.2, 0.25) is 0 Å². The van der Waals surface area contributed by atoms with Crippen molar-refractivity contribution in [2.24, 2.45) is 11.8 Å². The Kier molecular flexibility index (Phi) is 5.16. The molecule has 1 aromatic carbocycles. The summed E-state index contributed by atoms with van der Waals surface area (Å²) in [6.45, 7) is 2.85. The molecule has 1 aliphatic rings. The van der Waals surface area contributed by atoms with Gasteiger partial charge in [0.25, 0.3) is 0 Å². The molecular formula is C14H20ClFN2O. The first kappa shape index (κ1) is 14.7. The van der Waals surface area contributed by atoms with Crippen molar-refractivity contribution in [2.75, 3.05) is 6.61 Å². The summed E-state index contributed by atoms with van der Waals surface area (Å²) in [7, 11) is 0. The monoisotopic (exact) mass is 286 g/mol. The van der Waals surface area contributed by atoms with E-state index in [1.807, 2.05) is 0 Å². The molecule has 0 aliphatic carbocycles. The van der Waals surface area contributed by atoms with Crippen LogP contribution in [0.3, 0.4) is 0 Å². The first-order chi connectivity index (χ1) is 9.15. The summed E-state index contributed by atoms with van der Waals surface area (Å²) < 4.78 is 19.5. The minimum absolute atomic E-state index is 0.0168. The topological polar surface area (TPSA) is 47.3 Å². The molecule has 0 radical (unpaired) electrons. The zero-order valence-corrected chi connectivity index (χ0v) is 11.8. The molecule has 1 aliphatic heterocycles. The largest absolute Gasteiger partial charge is 0.378 e. The Morgan fingerprint density at radius 2 is 2.37 bits per heavy atom. The van der Waals surface area contributed by atoms with Crippen molar-refractivity contribution in [1.29, 1.82) is 0 Å². The van der Waals surface area contributed by atoms with Gasteiger partial charge in [-0.15, -0.1) is 0 Å². The van der Waals surface area contributed by atoms with Crippen LogP contribution in [0.4, 0.5) is 4.39 Å². The average Bonchev–Trinajstić information content (AvgIpc) is 2.86. The van der Waals surface area contributed by atoms with Crippen molar-refractivity contribution in [2.45, 2.75) is 38.3 Å². The quantitative estimate of drug-likeness (QED) is 0.646. The highest BCUT2D eigenvalue weighted by Crippen LogP contribution is 2.28. The molecule has 3 atom stereocenters. The number of halogens is 2. The summed E-state index contributed by atoms with van der Waals surface area (Å²) in [5.41, 5.74) is 3.45. The van der Waals surface area contributed by atoms with E-state index in [9.17, 15) is 4.39 Å². The molecule has 3 N–H and O–H groups in total. The van der Waals surface area contributed by atoms with Gasteiger partial charge >= 0.3 is 0 Å². The predicted molar refractivity (Wildman–Crippen MR) is 74.4 cm³/mol. The summed E-state index contributed by atoms with van der Waals surface area (Å²) >= 11 is 5.76. The van der Waals surface area contributed by atoms with Gasteiger partial charge in [0.1, 0.15) is 5.82 Å². The van der Waals surface area contributed by atoms with Crippen molar-refractivity contribution >= 4 is 11.6 Å². The zero-order valence-electron chi connectivity index (χ0n) is 11.0. The minimum atomic E-state index is -0.278. The van der Waals surface area contributed by atoms with E-state index in [0.717, 1.165) is 19.4 Å². The predicted octanol–water partition coefficient (Wildman–Crippen LogP) is 2.67. The standard InChI is InChI=1S/C14H20ClFN2O/c1-2-14-11(5-6-19-14)13(18-17)7-9-3-4-10(15)8-12(9)16/h3-4,8,11,13-14,18H,2,5-7,17H2,1H3. The Hall–Kier alpha value is -0.680. The lowest BCUT2D eigenvalue weighted by molar-refractivity contribution is 0.0774. The number of benzene rings is 1. The highest BCUT2D eigenvalue weighted by atomic mass is 35.5. The molecule has 1 saturated heterocycles. The Balaban J connectivity index is 2.10. The van der Waals surface area contributed by atoms with Crippen LogP contribution >= 0.6 is 11.6 Å². The summed E-state index contributed by atoms with van der Waals surface area (Å²) in [5.74, 6) is 5.69.